The summed E-state index contributed by atoms with van der Waals surface area (Å²) in [4.78, 5) is 15.3. The number of nitrogens with one attached hydrogen (secondary N) is 2. The molecule has 0 unspecified atom stereocenters. The molecule has 0 aliphatic carbocycles. The van der Waals surface area contributed by atoms with Crippen LogP contribution in [0.4, 0.5) is 0 Å². The molecule has 5 heteroatoms. The third-order valence-electron chi connectivity index (χ3n) is 4.29. The van der Waals surface area contributed by atoms with Crippen molar-refractivity contribution >= 4 is 28.4 Å². The van der Waals surface area contributed by atoms with Crippen molar-refractivity contribution < 1.29 is 4.79 Å². The van der Waals surface area contributed by atoms with Crippen LogP contribution < -0.4 is 11.1 Å². The molecule has 130 valence electrons. The number of aromatic nitrogens is 1. The zero-order chi connectivity index (χ0) is 17.6. The summed E-state index contributed by atoms with van der Waals surface area (Å²) in [6.45, 7) is 1.15. The van der Waals surface area contributed by atoms with E-state index in [1.165, 1.54) is 10.9 Å². The first kappa shape index (κ1) is 17.5. The van der Waals surface area contributed by atoms with Crippen LogP contribution >= 0.6 is 11.6 Å². The maximum atomic E-state index is 12.1. The van der Waals surface area contributed by atoms with Gasteiger partial charge in [-0.3, -0.25) is 4.79 Å². The number of rotatable bonds is 7. The fourth-order valence-electron chi connectivity index (χ4n) is 2.89. The van der Waals surface area contributed by atoms with Gasteiger partial charge in [0.05, 0.1) is 0 Å². The summed E-state index contributed by atoms with van der Waals surface area (Å²) in [7, 11) is 0. The second kappa shape index (κ2) is 8.19. The summed E-state index contributed by atoms with van der Waals surface area (Å²) in [6, 6.07) is 13.8. The number of halogens is 1. The Hall–Kier alpha value is -2.30. The molecule has 3 aromatic rings. The average molecular weight is 356 g/mol. The number of aryl methyl sites for hydroxylation is 1. The molecule has 4 N–H and O–H groups in total. The molecule has 0 aliphatic heterocycles. The lowest BCUT2D eigenvalue weighted by atomic mass is 10.0. The van der Waals surface area contributed by atoms with E-state index in [0.717, 1.165) is 29.5 Å². The second-order valence-corrected chi connectivity index (χ2v) is 6.57. The predicted molar refractivity (Wildman–Crippen MR) is 103 cm³/mol. The fourth-order valence-corrected chi connectivity index (χ4v) is 3.02. The van der Waals surface area contributed by atoms with Crippen LogP contribution in [0.15, 0.2) is 48.7 Å². The van der Waals surface area contributed by atoms with Crippen molar-refractivity contribution in [2.24, 2.45) is 5.73 Å². The van der Waals surface area contributed by atoms with Gasteiger partial charge in [0.2, 0.25) is 5.91 Å². The highest BCUT2D eigenvalue weighted by molar-refractivity contribution is 6.30. The third-order valence-corrected chi connectivity index (χ3v) is 4.54. The number of H-pyrrole nitrogens is 1. The molecule has 0 aliphatic rings. The predicted octanol–water partition coefficient (Wildman–Crippen LogP) is 3.57. The molecule has 1 aromatic heterocycles. The van der Waals surface area contributed by atoms with Gasteiger partial charge in [-0.2, -0.15) is 0 Å². The lowest BCUT2D eigenvalue weighted by Gasteiger charge is -2.06. The SMILES string of the molecule is NCCc1c[nH]c2ccc(CCC(=O)NCc3ccc(Cl)cc3)cc12. The summed E-state index contributed by atoms with van der Waals surface area (Å²) in [5.41, 5.74) is 10.2. The standard InChI is InChI=1S/C20H22ClN3O/c21-17-5-1-15(2-6-17)12-24-20(25)8-4-14-3-7-19-18(11-14)16(9-10-22)13-23-19/h1-3,5-7,11,13,23H,4,8-10,12,22H2,(H,24,25). The Kier molecular flexibility index (Phi) is 5.74. The van der Waals surface area contributed by atoms with E-state index in [-0.39, 0.29) is 5.91 Å². The Bertz CT molecular complexity index is 855. The summed E-state index contributed by atoms with van der Waals surface area (Å²) in [5.74, 6) is 0.0475. The van der Waals surface area contributed by atoms with Gasteiger partial charge < -0.3 is 16.0 Å². The van der Waals surface area contributed by atoms with Crippen molar-refractivity contribution in [1.82, 2.24) is 10.3 Å². The van der Waals surface area contributed by atoms with Crippen molar-refractivity contribution in [2.75, 3.05) is 6.54 Å². The molecule has 0 saturated carbocycles. The molecule has 0 spiro atoms. The molecule has 1 amide bonds. The van der Waals surface area contributed by atoms with Gasteiger partial charge in [0.1, 0.15) is 0 Å². The first-order valence-corrected chi connectivity index (χ1v) is 8.83. The van der Waals surface area contributed by atoms with E-state index in [1.54, 1.807) is 0 Å². The molecule has 4 nitrogen and oxygen atoms in total. The van der Waals surface area contributed by atoms with Gasteiger partial charge in [-0.15, -0.1) is 0 Å². The zero-order valence-corrected chi connectivity index (χ0v) is 14.8. The van der Waals surface area contributed by atoms with E-state index in [9.17, 15) is 4.79 Å². The topological polar surface area (TPSA) is 70.9 Å². The van der Waals surface area contributed by atoms with Crippen molar-refractivity contribution in [3.05, 3.63) is 70.4 Å². The molecule has 0 atom stereocenters. The monoisotopic (exact) mass is 355 g/mol. The van der Waals surface area contributed by atoms with E-state index in [4.69, 9.17) is 17.3 Å². The van der Waals surface area contributed by atoms with E-state index < -0.39 is 0 Å². The van der Waals surface area contributed by atoms with Crippen LogP contribution in [-0.4, -0.2) is 17.4 Å². The van der Waals surface area contributed by atoms with Gasteiger partial charge in [0, 0.05) is 35.1 Å². The van der Waals surface area contributed by atoms with Crippen LogP contribution in [0.25, 0.3) is 10.9 Å². The summed E-state index contributed by atoms with van der Waals surface area (Å²) in [5, 5.41) is 4.84. The third kappa shape index (κ3) is 4.62. The number of benzene rings is 2. The average Bonchev–Trinajstić information content (AvgIpc) is 3.02. The largest absolute Gasteiger partial charge is 0.361 e. The first-order chi connectivity index (χ1) is 12.2. The van der Waals surface area contributed by atoms with E-state index in [0.29, 0.717) is 24.5 Å². The number of hydrogen-bond donors (Lipinski definition) is 3. The highest BCUT2D eigenvalue weighted by Crippen LogP contribution is 2.21. The molecule has 0 fully saturated rings. The van der Waals surface area contributed by atoms with Crippen molar-refractivity contribution in [3.8, 4) is 0 Å². The zero-order valence-electron chi connectivity index (χ0n) is 14.0. The molecule has 0 radical (unpaired) electrons. The molecule has 2 aromatic carbocycles. The molecule has 0 bridgehead atoms. The van der Waals surface area contributed by atoms with Gasteiger partial charge in [-0.25, -0.2) is 0 Å². The molecule has 3 rings (SSSR count). The van der Waals surface area contributed by atoms with E-state index >= 15 is 0 Å². The summed E-state index contributed by atoms with van der Waals surface area (Å²) in [6.07, 6.45) is 4.05. The maximum Gasteiger partial charge on any atom is 0.220 e. The number of carbonyl (C=O) groups excluding carboxylic acids is 1. The number of fused-ring (bicyclic) bond motifs is 1. The highest BCUT2D eigenvalue weighted by atomic mass is 35.5. The Labute approximate surface area is 152 Å². The quantitative estimate of drug-likeness (QED) is 0.606. The Morgan fingerprint density at radius 3 is 2.60 bits per heavy atom. The lowest BCUT2D eigenvalue weighted by molar-refractivity contribution is -0.121. The van der Waals surface area contributed by atoms with Crippen LogP contribution in [0, 0.1) is 0 Å². The van der Waals surface area contributed by atoms with Crippen molar-refractivity contribution in [1.29, 1.82) is 0 Å². The molecule has 1 heterocycles. The fraction of sp³-hybridized carbons (Fsp3) is 0.250. The minimum atomic E-state index is 0.0475. The second-order valence-electron chi connectivity index (χ2n) is 6.14. The Morgan fingerprint density at radius 2 is 1.84 bits per heavy atom. The molecular weight excluding hydrogens is 334 g/mol. The molecule has 25 heavy (non-hydrogen) atoms. The first-order valence-electron chi connectivity index (χ1n) is 8.46. The minimum Gasteiger partial charge on any atom is -0.361 e. The van der Waals surface area contributed by atoms with E-state index in [1.807, 2.05) is 30.5 Å². The number of amides is 1. The minimum absolute atomic E-state index is 0.0475. The number of hydrogen-bond acceptors (Lipinski definition) is 2. The van der Waals surface area contributed by atoms with Crippen LogP contribution in [0.3, 0.4) is 0 Å². The number of nitrogens with two attached hydrogens (primary N) is 1. The number of aromatic amines is 1. The van der Waals surface area contributed by atoms with Gasteiger partial charge in [-0.05, 0) is 60.3 Å². The highest BCUT2D eigenvalue weighted by Gasteiger charge is 2.06. The van der Waals surface area contributed by atoms with Crippen LogP contribution in [0.5, 0.6) is 0 Å². The normalized spacial score (nSPS) is 11.0. The maximum absolute atomic E-state index is 12.1. The molecule has 0 saturated heterocycles. The summed E-state index contributed by atoms with van der Waals surface area (Å²) >= 11 is 5.86. The smallest absolute Gasteiger partial charge is 0.220 e. The van der Waals surface area contributed by atoms with E-state index in [2.05, 4.69) is 28.5 Å². The number of carbonyl (C=O) groups is 1. The van der Waals surface area contributed by atoms with Crippen LogP contribution in [0.2, 0.25) is 5.02 Å². The van der Waals surface area contributed by atoms with Gasteiger partial charge >= 0.3 is 0 Å². The lowest BCUT2D eigenvalue weighted by Crippen LogP contribution is -2.22. The van der Waals surface area contributed by atoms with Gasteiger partial charge in [0.15, 0.2) is 0 Å². The van der Waals surface area contributed by atoms with Crippen molar-refractivity contribution in [2.45, 2.75) is 25.8 Å². The van der Waals surface area contributed by atoms with Crippen LogP contribution in [0.1, 0.15) is 23.1 Å². The Balaban J connectivity index is 1.55. The molecular formula is C20H22ClN3O. The van der Waals surface area contributed by atoms with Crippen LogP contribution in [-0.2, 0) is 24.2 Å². The van der Waals surface area contributed by atoms with Gasteiger partial charge in [0.25, 0.3) is 0 Å². The summed E-state index contributed by atoms with van der Waals surface area (Å²) < 4.78 is 0. The van der Waals surface area contributed by atoms with Gasteiger partial charge in [-0.1, -0.05) is 29.8 Å². The van der Waals surface area contributed by atoms with Crippen molar-refractivity contribution in [3.63, 3.8) is 0 Å². The Morgan fingerprint density at radius 1 is 1.08 bits per heavy atom.